The van der Waals surface area contributed by atoms with Crippen LogP contribution in [-0.2, 0) is 9.59 Å². The van der Waals surface area contributed by atoms with Crippen LogP contribution in [-0.4, -0.2) is 22.6 Å². The highest BCUT2D eigenvalue weighted by Crippen LogP contribution is 2.28. The molecule has 0 aliphatic rings. The molecule has 2 N–H and O–H groups in total. The number of hydrazone groups is 1. The lowest BCUT2D eigenvalue weighted by Gasteiger charge is -2.11. The van der Waals surface area contributed by atoms with Crippen molar-refractivity contribution in [2.75, 3.05) is 5.32 Å². The van der Waals surface area contributed by atoms with E-state index in [-0.39, 0.29) is 0 Å². The third-order valence-corrected chi connectivity index (χ3v) is 5.37. The molecule has 0 aliphatic heterocycles. The molecule has 1 aromatic heterocycles. The quantitative estimate of drug-likeness (QED) is 0.287. The summed E-state index contributed by atoms with van der Waals surface area (Å²) in [6.07, 6.45) is 1.48. The first kappa shape index (κ1) is 22.1. The van der Waals surface area contributed by atoms with E-state index in [9.17, 15) is 9.59 Å². The number of carbonyl (C=O) groups excluding carboxylic acids is 2. The molecule has 9 heteroatoms. The molecule has 0 fully saturated rings. The van der Waals surface area contributed by atoms with E-state index in [0.29, 0.717) is 15.7 Å². The zero-order valence-corrected chi connectivity index (χ0v) is 19.1. The molecule has 0 atom stereocenters. The van der Waals surface area contributed by atoms with Gasteiger partial charge in [-0.05, 0) is 62.4 Å². The Morgan fingerprint density at radius 1 is 1.03 bits per heavy atom. The lowest BCUT2D eigenvalue weighted by molar-refractivity contribution is -0.136. The minimum absolute atomic E-state index is 0.505. The highest BCUT2D eigenvalue weighted by atomic mass is 79.9. The van der Waals surface area contributed by atoms with Gasteiger partial charge in [-0.2, -0.15) is 5.10 Å². The Balaban J connectivity index is 1.70. The standard InChI is InChI=1S/C21H17BrCl2N4O2/c1-12-9-14(13(2)28(12)19-8-5-16(23)10-18(19)24)11-25-27-21(30)20(29)26-17-6-3-15(22)4-7-17/h3-11H,1-2H3,(H,26,29)(H,27,30)/b25-11-. The van der Waals surface area contributed by atoms with Crippen LogP contribution in [0.4, 0.5) is 5.69 Å². The van der Waals surface area contributed by atoms with Gasteiger partial charge in [-0.1, -0.05) is 39.1 Å². The van der Waals surface area contributed by atoms with Crippen LogP contribution in [0.2, 0.25) is 10.0 Å². The van der Waals surface area contributed by atoms with E-state index in [2.05, 4.69) is 31.8 Å². The fourth-order valence-electron chi connectivity index (χ4n) is 2.88. The Morgan fingerprint density at radius 2 is 1.73 bits per heavy atom. The monoisotopic (exact) mass is 506 g/mol. The number of aryl methyl sites for hydroxylation is 1. The summed E-state index contributed by atoms with van der Waals surface area (Å²) in [4.78, 5) is 24.0. The van der Waals surface area contributed by atoms with Crippen LogP contribution in [0.15, 0.2) is 58.1 Å². The lowest BCUT2D eigenvalue weighted by atomic mass is 10.2. The predicted octanol–water partition coefficient (Wildman–Crippen LogP) is 5.25. The van der Waals surface area contributed by atoms with Gasteiger partial charge in [0.25, 0.3) is 0 Å². The molecule has 0 radical (unpaired) electrons. The van der Waals surface area contributed by atoms with Crippen molar-refractivity contribution in [1.82, 2.24) is 9.99 Å². The molecule has 0 saturated heterocycles. The van der Waals surface area contributed by atoms with Gasteiger partial charge < -0.3 is 9.88 Å². The Hall–Kier alpha value is -2.61. The topological polar surface area (TPSA) is 75.5 Å². The van der Waals surface area contributed by atoms with Crippen LogP contribution in [0.1, 0.15) is 17.0 Å². The highest BCUT2D eigenvalue weighted by molar-refractivity contribution is 9.10. The van der Waals surface area contributed by atoms with Crippen molar-refractivity contribution in [2.24, 2.45) is 5.10 Å². The summed E-state index contributed by atoms with van der Waals surface area (Å²) in [5.41, 5.74) is 6.09. The maximum Gasteiger partial charge on any atom is 0.329 e. The van der Waals surface area contributed by atoms with E-state index in [4.69, 9.17) is 23.2 Å². The molecule has 0 bridgehead atoms. The number of anilines is 1. The van der Waals surface area contributed by atoms with Gasteiger partial charge in [-0.3, -0.25) is 9.59 Å². The van der Waals surface area contributed by atoms with Crippen molar-refractivity contribution >= 4 is 62.8 Å². The second kappa shape index (κ2) is 9.47. The van der Waals surface area contributed by atoms with Gasteiger partial charge in [0.15, 0.2) is 0 Å². The van der Waals surface area contributed by atoms with E-state index >= 15 is 0 Å². The van der Waals surface area contributed by atoms with Crippen LogP contribution in [0.3, 0.4) is 0 Å². The van der Waals surface area contributed by atoms with Gasteiger partial charge in [-0.15, -0.1) is 0 Å². The van der Waals surface area contributed by atoms with Crippen molar-refractivity contribution in [1.29, 1.82) is 0 Å². The number of rotatable bonds is 4. The summed E-state index contributed by atoms with van der Waals surface area (Å²) in [5.74, 6) is -1.68. The molecule has 1 heterocycles. The Morgan fingerprint density at radius 3 is 2.40 bits per heavy atom. The molecule has 154 valence electrons. The number of hydrogen-bond acceptors (Lipinski definition) is 3. The van der Waals surface area contributed by atoms with E-state index in [1.807, 2.05) is 30.5 Å². The molecule has 6 nitrogen and oxygen atoms in total. The van der Waals surface area contributed by atoms with E-state index in [1.54, 1.807) is 36.4 Å². The smallest absolute Gasteiger partial charge is 0.318 e. The van der Waals surface area contributed by atoms with E-state index in [1.165, 1.54) is 6.21 Å². The van der Waals surface area contributed by atoms with Crippen molar-refractivity contribution in [3.8, 4) is 5.69 Å². The number of carbonyl (C=O) groups is 2. The van der Waals surface area contributed by atoms with E-state index < -0.39 is 11.8 Å². The van der Waals surface area contributed by atoms with Crippen molar-refractivity contribution < 1.29 is 9.59 Å². The average molecular weight is 508 g/mol. The highest BCUT2D eigenvalue weighted by Gasteiger charge is 2.14. The summed E-state index contributed by atoms with van der Waals surface area (Å²) >= 11 is 15.6. The molecule has 0 aliphatic carbocycles. The zero-order chi connectivity index (χ0) is 21.8. The molecule has 0 unspecified atom stereocenters. The van der Waals surface area contributed by atoms with Gasteiger partial charge in [-0.25, -0.2) is 5.43 Å². The summed E-state index contributed by atoms with van der Waals surface area (Å²) in [6, 6.07) is 14.0. The maximum absolute atomic E-state index is 12.0. The number of amides is 2. The predicted molar refractivity (Wildman–Crippen MR) is 124 cm³/mol. The van der Waals surface area contributed by atoms with Crippen LogP contribution in [0, 0.1) is 13.8 Å². The molecular weight excluding hydrogens is 491 g/mol. The lowest BCUT2D eigenvalue weighted by Crippen LogP contribution is -2.32. The molecule has 0 spiro atoms. The van der Waals surface area contributed by atoms with Gasteiger partial charge >= 0.3 is 11.8 Å². The second-order valence-corrected chi connectivity index (χ2v) is 8.18. The SMILES string of the molecule is Cc1cc(/C=N\NC(=O)C(=O)Nc2ccc(Br)cc2)c(C)n1-c1ccc(Cl)cc1Cl. The summed E-state index contributed by atoms with van der Waals surface area (Å²) in [7, 11) is 0. The number of nitrogens with zero attached hydrogens (tertiary/aromatic N) is 2. The van der Waals surface area contributed by atoms with Crippen LogP contribution in [0.5, 0.6) is 0 Å². The van der Waals surface area contributed by atoms with Gasteiger partial charge in [0.1, 0.15) is 0 Å². The summed E-state index contributed by atoms with van der Waals surface area (Å²) in [6.45, 7) is 3.83. The van der Waals surface area contributed by atoms with Gasteiger partial charge in [0.05, 0.1) is 16.9 Å². The first-order valence-electron chi connectivity index (χ1n) is 8.80. The van der Waals surface area contributed by atoms with Gasteiger partial charge in [0, 0.05) is 32.1 Å². The molecule has 0 saturated carbocycles. The Labute approximate surface area is 192 Å². The summed E-state index contributed by atoms with van der Waals surface area (Å²) in [5, 5.41) is 7.47. The third kappa shape index (κ3) is 5.11. The maximum atomic E-state index is 12.0. The molecule has 30 heavy (non-hydrogen) atoms. The first-order chi connectivity index (χ1) is 14.3. The number of hydrogen-bond donors (Lipinski definition) is 2. The minimum atomic E-state index is -0.872. The first-order valence-corrected chi connectivity index (χ1v) is 10.4. The molecular formula is C21H17BrCl2N4O2. The number of halogens is 3. The third-order valence-electron chi connectivity index (χ3n) is 4.30. The molecule has 2 aromatic carbocycles. The zero-order valence-electron chi connectivity index (χ0n) is 16.0. The Kier molecular flexibility index (Phi) is 6.97. The second-order valence-electron chi connectivity index (χ2n) is 6.42. The molecule has 2 amide bonds. The number of benzene rings is 2. The molecule has 3 rings (SSSR count). The average Bonchev–Trinajstić information content (AvgIpc) is 2.97. The minimum Gasteiger partial charge on any atom is -0.318 e. The van der Waals surface area contributed by atoms with E-state index in [0.717, 1.165) is 27.1 Å². The van der Waals surface area contributed by atoms with Crippen LogP contribution >= 0.6 is 39.1 Å². The largest absolute Gasteiger partial charge is 0.329 e. The summed E-state index contributed by atoms with van der Waals surface area (Å²) < 4.78 is 2.83. The van der Waals surface area contributed by atoms with Crippen molar-refractivity contribution in [2.45, 2.75) is 13.8 Å². The van der Waals surface area contributed by atoms with Gasteiger partial charge in [0.2, 0.25) is 0 Å². The van der Waals surface area contributed by atoms with Crippen molar-refractivity contribution in [3.05, 3.63) is 80.0 Å². The van der Waals surface area contributed by atoms with Crippen LogP contribution in [0.25, 0.3) is 5.69 Å². The number of nitrogens with one attached hydrogen (secondary N) is 2. The molecule has 3 aromatic rings. The fraction of sp³-hybridized carbons (Fsp3) is 0.0952. The fourth-order valence-corrected chi connectivity index (χ4v) is 3.64. The Bertz CT molecular complexity index is 1140. The number of aromatic nitrogens is 1. The van der Waals surface area contributed by atoms with Crippen LogP contribution < -0.4 is 10.7 Å². The normalized spacial score (nSPS) is 11.0. The van der Waals surface area contributed by atoms with Crippen molar-refractivity contribution in [3.63, 3.8) is 0 Å².